The lowest BCUT2D eigenvalue weighted by atomic mass is 9.31. The fourth-order valence-corrected chi connectivity index (χ4v) is 19.0. The molecular formula is C97H75B3N10O4S2. The molecule has 0 unspecified atom stereocenters. The molecule has 6 aliphatic rings. The Kier molecular flexibility index (Phi) is 17.8. The van der Waals surface area contributed by atoms with Crippen LogP contribution in [0.2, 0.25) is 0 Å². The second-order valence-corrected chi connectivity index (χ2v) is 34.2. The number of hydrogen-bond acceptors (Lipinski definition) is 16. The van der Waals surface area contributed by atoms with Gasteiger partial charge in [0, 0.05) is 102 Å². The molecule has 22 rings (SSSR count). The summed E-state index contributed by atoms with van der Waals surface area (Å²) in [5, 5.41) is 4.37. The zero-order chi connectivity index (χ0) is 78.6. The maximum Gasteiger partial charge on any atom is 0.259 e. The maximum atomic E-state index is 6.60. The Morgan fingerprint density at radius 3 is 1.66 bits per heavy atom. The average molecular weight is 1540 g/mol. The number of nitrogens with zero attached hydrogens (tertiary/aromatic N) is 10. The highest BCUT2D eigenvalue weighted by Gasteiger charge is 2.48. The van der Waals surface area contributed by atoms with Crippen molar-refractivity contribution in [1.82, 2.24) is 39.9 Å². The van der Waals surface area contributed by atoms with Crippen LogP contribution in [0.4, 0.5) is 34.4 Å². The number of para-hydroxylation sites is 4. The summed E-state index contributed by atoms with van der Waals surface area (Å²) in [4.78, 5) is 46.2. The predicted molar refractivity (Wildman–Crippen MR) is 472 cm³/mol. The number of aromatic nitrogens is 8. The Labute approximate surface area is 683 Å². The van der Waals surface area contributed by atoms with E-state index in [0.29, 0.717) is 17.6 Å². The van der Waals surface area contributed by atoms with Gasteiger partial charge in [-0.15, -0.1) is 0 Å². The van der Waals surface area contributed by atoms with Gasteiger partial charge in [-0.05, 0) is 178 Å². The SMILES string of the molecule is CC(C)(C)Oc1ccc2c(n1)C(C)(C)c1cncc3c1B2c1ccc(-c2ccccc2)nc1O3.CC(C)(C)c1cc2c(cn1)B1c3cnc(-c4cccc5ccccc45)cc3Oc3ccnc(c31)S2.c1ccc(N(c2ccccc2)c2ccc3c(n2)Oc2cccc4c2B3c2ccc(N(c3ccccc3)c3ccccc3)nc2S4)cc1. The third-order valence-electron chi connectivity index (χ3n) is 22.1. The largest absolute Gasteiger partial charge is 0.472 e. The van der Waals surface area contributed by atoms with Crippen LogP contribution in [0.25, 0.3) is 33.3 Å². The number of rotatable bonds is 9. The molecule has 0 atom stereocenters. The molecule has 0 amide bonds. The van der Waals surface area contributed by atoms with E-state index in [-0.39, 0.29) is 36.6 Å². The molecule has 8 aromatic carbocycles. The molecule has 16 aromatic rings. The van der Waals surface area contributed by atoms with Crippen molar-refractivity contribution in [3.8, 4) is 63.2 Å². The van der Waals surface area contributed by atoms with Crippen LogP contribution < -0.4 is 77.9 Å². The first kappa shape index (κ1) is 71.9. The molecule has 0 radical (unpaired) electrons. The summed E-state index contributed by atoms with van der Waals surface area (Å²) in [6, 6.07) is 95.9. The quantitative estimate of drug-likeness (QED) is 0.126. The van der Waals surface area contributed by atoms with E-state index in [9.17, 15) is 0 Å². The van der Waals surface area contributed by atoms with Gasteiger partial charge in [-0.25, -0.2) is 19.9 Å². The molecule has 0 saturated heterocycles. The van der Waals surface area contributed by atoms with Crippen LogP contribution in [0.3, 0.4) is 0 Å². The van der Waals surface area contributed by atoms with E-state index in [1.54, 1.807) is 29.7 Å². The number of anilines is 6. The number of fused-ring (bicyclic) bond motifs is 13. The molecule has 0 fully saturated rings. The molecule has 8 aromatic heterocycles. The number of benzene rings is 8. The van der Waals surface area contributed by atoms with E-state index in [1.165, 1.54) is 26.6 Å². The summed E-state index contributed by atoms with van der Waals surface area (Å²) < 4.78 is 25.6. The highest BCUT2D eigenvalue weighted by atomic mass is 32.2. The number of pyridine rings is 8. The van der Waals surface area contributed by atoms with Crippen LogP contribution in [0.5, 0.6) is 40.6 Å². The molecule has 14 nitrogen and oxygen atoms in total. The molecule has 0 aliphatic carbocycles. The second-order valence-electron chi connectivity index (χ2n) is 32.1. The third kappa shape index (κ3) is 13.0. The first-order chi connectivity index (χ1) is 56.5. The monoisotopic (exact) mass is 1540 g/mol. The molecule has 0 bridgehead atoms. The van der Waals surface area contributed by atoms with Crippen molar-refractivity contribution in [1.29, 1.82) is 0 Å². The van der Waals surface area contributed by atoms with Crippen LogP contribution >= 0.6 is 23.5 Å². The number of ether oxygens (including phenoxy) is 4. The third-order valence-corrected chi connectivity index (χ3v) is 24.3. The summed E-state index contributed by atoms with van der Waals surface area (Å²) in [5.41, 5.74) is 20.7. The van der Waals surface area contributed by atoms with Gasteiger partial charge in [-0.1, -0.05) is 234 Å². The van der Waals surface area contributed by atoms with Crippen molar-refractivity contribution in [2.24, 2.45) is 0 Å². The molecule has 6 aliphatic heterocycles. The fourth-order valence-electron chi connectivity index (χ4n) is 16.7. The van der Waals surface area contributed by atoms with Crippen LogP contribution in [0.15, 0.2) is 330 Å². The molecule has 0 N–H and O–H groups in total. The van der Waals surface area contributed by atoms with Crippen LogP contribution in [-0.2, 0) is 10.8 Å². The lowest BCUT2D eigenvalue weighted by Gasteiger charge is -2.40. The van der Waals surface area contributed by atoms with Gasteiger partial charge in [0.25, 0.3) is 20.1 Å². The zero-order valence-corrected chi connectivity index (χ0v) is 66.7. The zero-order valence-electron chi connectivity index (χ0n) is 65.1. The minimum Gasteiger partial charge on any atom is -0.472 e. The van der Waals surface area contributed by atoms with E-state index in [1.807, 2.05) is 124 Å². The van der Waals surface area contributed by atoms with Gasteiger partial charge in [-0.3, -0.25) is 24.8 Å². The summed E-state index contributed by atoms with van der Waals surface area (Å²) >= 11 is 3.41. The van der Waals surface area contributed by atoms with Gasteiger partial charge in [0.1, 0.15) is 40.2 Å². The molecular weight excluding hydrogens is 1470 g/mol. The minimum absolute atomic E-state index is 0.00397. The molecule has 116 heavy (non-hydrogen) atoms. The molecule has 0 saturated carbocycles. The van der Waals surface area contributed by atoms with Crippen LogP contribution in [0.1, 0.15) is 72.3 Å². The van der Waals surface area contributed by atoms with E-state index in [4.69, 9.17) is 53.8 Å². The first-order valence-corrected chi connectivity index (χ1v) is 40.7. The second kappa shape index (κ2) is 28.8. The van der Waals surface area contributed by atoms with E-state index >= 15 is 0 Å². The maximum absolute atomic E-state index is 6.60. The average Bonchev–Trinajstić information content (AvgIpc) is 0.705. The van der Waals surface area contributed by atoms with E-state index in [2.05, 4.69) is 250 Å². The topological polar surface area (TPSA) is 147 Å². The summed E-state index contributed by atoms with van der Waals surface area (Å²) in [6.45, 7) is 17.0. The predicted octanol–water partition coefficient (Wildman–Crippen LogP) is 17.6. The molecule has 558 valence electrons. The minimum atomic E-state index is -0.348. The lowest BCUT2D eigenvalue weighted by molar-refractivity contribution is 0.123. The van der Waals surface area contributed by atoms with Gasteiger partial charge in [0.2, 0.25) is 17.6 Å². The van der Waals surface area contributed by atoms with Gasteiger partial charge in [-0.2, -0.15) is 4.98 Å². The van der Waals surface area contributed by atoms with Gasteiger partial charge < -0.3 is 18.9 Å². The highest BCUT2D eigenvalue weighted by molar-refractivity contribution is 8.00. The van der Waals surface area contributed by atoms with E-state index in [0.717, 1.165) is 150 Å². The number of hydrogen-bond donors (Lipinski definition) is 0. The Bertz CT molecular complexity index is 6310. The Morgan fingerprint density at radius 1 is 0.397 bits per heavy atom. The summed E-state index contributed by atoms with van der Waals surface area (Å²) in [6.07, 6.45) is 9.62. The lowest BCUT2D eigenvalue weighted by Crippen LogP contribution is -2.63. The summed E-state index contributed by atoms with van der Waals surface area (Å²) in [7, 11) is 0. The van der Waals surface area contributed by atoms with Crippen molar-refractivity contribution in [3.05, 3.63) is 327 Å². The van der Waals surface area contributed by atoms with Crippen molar-refractivity contribution in [3.63, 3.8) is 0 Å². The standard InChI is InChI=1S/C40H27BN4OS.C29H22BN3OS.C28H26BN3O2/c1-5-14-28(15-6-1)44(29-16-7-2-8-17-29)36-26-24-32-39(42-36)46-34-22-13-23-35-38(34)41(32)33-25-27-37(43-40(33)47-35)45(30-18-9-3-10-19-30)31-20-11-4-12-21-31;1-29(2,3)26-14-25-21(16-33-26)30-20-15-32-22(19-10-6-8-17-7-4-5-9-18(17)19)13-24(20)34-23-11-12-31-28(35-25)27(23)30;1-27(2,3)34-23-14-12-19-25(32-23)28(4,5)18-15-30-16-22-24(18)29(19)20-11-13-21(31-26(20)33-22)17-9-7-6-8-10-17/h1-27H;4-16H,1-3H3;6-16H,1-5H3. The van der Waals surface area contributed by atoms with Gasteiger partial charge >= 0.3 is 0 Å². The van der Waals surface area contributed by atoms with Gasteiger partial charge in [0.05, 0.1) is 27.6 Å². The van der Waals surface area contributed by atoms with Gasteiger partial charge in [0.15, 0.2) is 0 Å². The smallest absolute Gasteiger partial charge is 0.259 e. The molecule has 14 heterocycles. The first-order valence-electron chi connectivity index (χ1n) is 39.1. The Hall–Kier alpha value is -13.1. The normalized spacial score (nSPS) is 13.5. The summed E-state index contributed by atoms with van der Waals surface area (Å²) in [5.74, 6) is 6.85. The van der Waals surface area contributed by atoms with Crippen LogP contribution in [-0.4, -0.2) is 65.6 Å². The van der Waals surface area contributed by atoms with Crippen LogP contribution in [0, 0.1) is 0 Å². The van der Waals surface area contributed by atoms with Crippen molar-refractivity contribution < 1.29 is 18.9 Å². The van der Waals surface area contributed by atoms with Crippen molar-refractivity contribution in [2.45, 2.75) is 91.7 Å². The van der Waals surface area contributed by atoms with Crippen molar-refractivity contribution >= 4 is 138 Å². The van der Waals surface area contributed by atoms with Crippen molar-refractivity contribution in [2.75, 3.05) is 9.80 Å². The Balaban J connectivity index is 0.000000114. The molecule has 0 spiro atoms. The molecule has 19 heteroatoms. The highest BCUT2D eigenvalue weighted by Crippen LogP contribution is 2.44. The van der Waals surface area contributed by atoms with E-state index < -0.39 is 0 Å². The fraction of sp³-hybridized carbons (Fsp3) is 0.113. The Morgan fingerprint density at radius 2 is 0.966 bits per heavy atom.